The van der Waals surface area contributed by atoms with Gasteiger partial charge in [0.05, 0.1) is 6.21 Å². The van der Waals surface area contributed by atoms with Gasteiger partial charge in [0, 0.05) is 5.56 Å². The second-order valence-electron chi connectivity index (χ2n) is 7.01. The van der Waals surface area contributed by atoms with Crippen molar-refractivity contribution in [3.8, 4) is 11.5 Å². The van der Waals surface area contributed by atoms with E-state index in [4.69, 9.17) is 9.47 Å². The van der Waals surface area contributed by atoms with Crippen molar-refractivity contribution in [2.24, 2.45) is 22.4 Å². The second kappa shape index (κ2) is 5.11. The van der Waals surface area contributed by atoms with Crippen LogP contribution in [-0.2, 0) is 0 Å². The Balaban J connectivity index is 1.41. The summed E-state index contributed by atoms with van der Waals surface area (Å²) in [6.07, 6.45) is 6.40. The Kier molecular flexibility index (Phi) is 3.18. The number of ether oxygens (including phenoxy) is 2. The Hall–Kier alpha value is -2.30. The molecule has 23 heavy (non-hydrogen) atoms. The summed E-state index contributed by atoms with van der Waals surface area (Å²) in [6, 6.07) is 5.12. The Morgan fingerprint density at radius 3 is 2.96 bits per heavy atom. The van der Waals surface area contributed by atoms with Crippen molar-refractivity contribution in [3.63, 3.8) is 0 Å². The number of carbonyl (C=O) groups excluding carboxylic acids is 1. The molecule has 1 fully saturated rings. The van der Waals surface area contributed by atoms with Crippen LogP contribution in [0.5, 0.6) is 11.5 Å². The maximum atomic E-state index is 12.2. The highest BCUT2D eigenvalue weighted by Gasteiger charge is 2.50. The second-order valence-corrected chi connectivity index (χ2v) is 7.01. The standard InChI is InChI=1S/C18H20N2O3/c1-18(2)13-5-3-12(14(18)8-13)9-19-20-17(21)11-4-6-15-16(7-11)23-10-22-15/h3-4,6-7,9,13-14H,5,8,10H2,1-2H3,(H,20,21). The molecule has 1 N–H and O–H groups in total. The highest BCUT2D eigenvalue weighted by atomic mass is 16.7. The fourth-order valence-corrected chi connectivity index (χ4v) is 3.81. The average Bonchev–Trinajstić information content (AvgIpc) is 3.02. The summed E-state index contributed by atoms with van der Waals surface area (Å²) in [7, 11) is 0. The van der Waals surface area contributed by atoms with Crippen LogP contribution >= 0.6 is 0 Å². The molecule has 1 aromatic rings. The molecule has 1 amide bonds. The first-order valence-corrected chi connectivity index (χ1v) is 7.99. The van der Waals surface area contributed by atoms with Gasteiger partial charge in [-0.25, -0.2) is 5.43 Å². The Bertz CT molecular complexity index is 721. The lowest BCUT2D eigenvalue weighted by Crippen LogP contribution is -2.48. The van der Waals surface area contributed by atoms with Gasteiger partial charge in [0.1, 0.15) is 0 Å². The average molecular weight is 312 g/mol. The molecular weight excluding hydrogens is 292 g/mol. The van der Waals surface area contributed by atoms with E-state index < -0.39 is 0 Å². The normalized spacial score (nSPS) is 26.6. The monoisotopic (exact) mass is 312 g/mol. The molecule has 2 atom stereocenters. The van der Waals surface area contributed by atoms with Gasteiger partial charge >= 0.3 is 0 Å². The highest BCUT2D eigenvalue weighted by Crippen LogP contribution is 2.58. The minimum Gasteiger partial charge on any atom is -0.454 e. The summed E-state index contributed by atoms with van der Waals surface area (Å²) in [6.45, 7) is 4.83. The smallest absolute Gasteiger partial charge is 0.271 e. The van der Waals surface area contributed by atoms with Crippen molar-refractivity contribution < 1.29 is 14.3 Å². The third-order valence-corrected chi connectivity index (χ3v) is 5.53. The molecule has 1 heterocycles. The van der Waals surface area contributed by atoms with E-state index in [1.807, 2.05) is 0 Å². The van der Waals surface area contributed by atoms with E-state index in [1.54, 1.807) is 24.4 Å². The van der Waals surface area contributed by atoms with E-state index in [9.17, 15) is 4.79 Å². The topological polar surface area (TPSA) is 59.9 Å². The molecule has 4 aliphatic rings. The van der Waals surface area contributed by atoms with Gasteiger partial charge in [0.25, 0.3) is 5.91 Å². The zero-order valence-corrected chi connectivity index (χ0v) is 13.3. The van der Waals surface area contributed by atoms with Crippen LogP contribution in [0.25, 0.3) is 0 Å². The molecule has 5 nitrogen and oxygen atoms in total. The van der Waals surface area contributed by atoms with E-state index in [0.717, 1.165) is 12.3 Å². The number of hydrogen-bond acceptors (Lipinski definition) is 4. The maximum Gasteiger partial charge on any atom is 0.271 e. The highest BCUT2D eigenvalue weighted by molar-refractivity contribution is 5.95. The van der Waals surface area contributed by atoms with Gasteiger partial charge in [-0.15, -0.1) is 0 Å². The van der Waals surface area contributed by atoms with Crippen molar-refractivity contribution in [2.75, 3.05) is 6.79 Å². The minimum atomic E-state index is -0.248. The Morgan fingerprint density at radius 2 is 2.17 bits per heavy atom. The molecule has 1 aromatic carbocycles. The largest absolute Gasteiger partial charge is 0.454 e. The predicted molar refractivity (Wildman–Crippen MR) is 86.6 cm³/mol. The third-order valence-electron chi connectivity index (χ3n) is 5.53. The molecule has 5 heteroatoms. The summed E-state index contributed by atoms with van der Waals surface area (Å²) >= 11 is 0. The lowest BCUT2D eigenvalue weighted by atomic mass is 9.49. The molecule has 1 aliphatic heterocycles. The SMILES string of the molecule is CC1(C)C2CC=C(C=NNC(=O)c3ccc4c(c3)OCO4)C1C2. The summed E-state index contributed by atoms with van der Waals surface area (Å²) in [4.78, 5) is 12.2. The van der Waals surface area contributed by atoms with Crippen LogP contribution < -0.4 is 14.9 Å². The van der Waals surface area contributed by atoms with Gasteiger partial charge < -0.3 is 9.47 Å². The molecule has 1 saturated carbocycles. The minimum absolute atomic E-state index is 0.199. The number of rotatable bonds is 3. The van der Waals surface area contributed by atoms with Crippen molar-refractivity contribution in [2.45, 2.75) is 26.7 Å². The first kappa shape index (κ1) is 14.3. The number of hydrogen-bond donors (Lipinski definition) is 1. The number of hydrazone groups is 1. The van der Waals surface area contributed by atoms with Crippen LogP contribution in [0.15, 0.2) is 34.9 Å². The van der Waals surface area contributed by atoms with E-state index in [0.29, 0.717) is 28.4 Å². The van der Waals surface area contributed by atoms with E-state index in [-0.39, 0.29) is 12.7 Å². The molecule has 0 radical (unpaired) electrons. The molecular formula is C18H20N2O3. The molecule has 2 unspecified atom stereocenters. The van der Waals surface area contributed by atoms with Gasteiger partial charge in [0.15, 0.2) is 11.5 Å². The van der Waals surface area contributed by atoms with E-state index >= 15 is 0 Å². The Labute approximate surface area is 135 Å². The number of fused-ring (bicyclic) bond motifs is 2. The lowest BCUT2D eigenvalue weighted by molar-refractivity contribution is -0.00126. The van der Waals surface area contributed by atoms with Crippen LogP contribution in [0, 0.1) is 17.3 Å². The number of benzene rings is 1. The number of nitrogens with zero attached hydrogens (tertiary/aromatic N) is 1. The van der Waals surface area contributed by atoms with Gasteiger partial charge in [-0.3, -0.25) is 4.79 Å². The zero-order chi connectivity index (χ0) is 16.0. The molecule has 0 spiro atoms. The molecule has 3 aliphatic carbocycles. The molecule has 120 valence electrons. The van der Waals surface area contributed by atoms with E-state index in [2.05, 4.69) is 30.5 Å². The number of carbonyl (C=O) groups is 1. The number of amides is 1. The van der Waals surface area contributed by atoms with Crippen molar-refractivity contribution in [3.05, 3.63) is 35.4 Å². The van der Waals surface area contributed by atoms with Gasteiger partial charge in [-0.05, 0) is 53.9 Å². The molecule has 0 saturated heterocycles. The first-order valence-electron chi connectivity index (χ1n) is 7.99. The quantitative estimate of drug-likeness (QED) is 0.689. The lowest BCUT2D eigenvalue weighted by Gasteiger charge is -2.55. The van der Waals surface area contributed by atoms with Crippen LogP contribution in [0.1, 0.15) is 37.0 Å². The summed E-state index contributed by atoms with van der Waals surface area (Å²) < 4.78 is 10.5. The van der Waals surface area contributed by atoms with Crippen LogP contribution in [0.3, 0.4) is 0 Å². The zero-order valence-electron chi connectivity index (χ0n) is 13.3. The van der Waals surface area contributed by atoms with Gasteiger partial charge in [-0.2, -0.15) is 5.10 Å². The summed E-state index contributed by atoms with van der Waals surface area (Å²) in [5, 5.41) is 4.14. The van der Waals surface area contributed by atoms with Gasteiger partial charge in [-0.1, -0.05) is 19.9 Å². The fourth-order valence-electron chi connectivity index (χ4n) is 3.81. The van der Waals surface area contributed by atoms with Crippen LogP contribution in [-0.4, -0.2) is 18.9 Å². The predicted octanol–water partition coefficient (Wildman–Crippen LogP) is 3.12. The molecule has 0 aromatic heterocycles. The Morgan fingerprint density at radius 1 is 1.35 bits per heavy atom. The fraction of sp³-hybridized carbons (Fsp3) is 0.444. The summed E-state index contributed by atoms with van der Waals surface area (Å²) in [5.74, 6) is 2.38. The first-order chi connectivity index (χ1) is 11.1. The third kappa shape index (κ3) is 2.31. The van der Waals surface area contributed by atoms with Crippen LogP contribution in [0.4, 0.5) is 0 Å². The van der Waals surface area contributed by atoms with Crippen molar-refractivity contribution in [1.82, 2.24) is 5.43 Å². The molecule has 5 rings (SSSR count). The number of allylic oxidation sites excluding steroid dienone is 2. The maximum absolute atomic E-state index is 12.2. The van der Waals surface area contributed by atoms with Crippen molar-refractivity contribution >= 4 is 12.1 Å². The number of nitrogens with one attached hydrogen (secondary N) is 1. The van der Waals surface area contributed by atoms with Crippen LogP contribution in [0.2, 0.25) is 0 Å². The van der Waals surface area contributed by atoms with Crippen molar-refractivity contribution in [1.29, 1.82) is 0 Å². The molecule has 2 bridgehead atoms. The van der Waals surface area contributed by atoms with E-state index in [1.165, 1.54) is 12.0 Å². The summed E-state index contributed by atoms with van der Waals surface area (Å²) in [5.41, 5.74) is 4.70. The van der Waals surface area contributed by atoms with Gasteiger partial charge in [0.2, 0.25) is 6.79 Å².